The quantitative estimate of drug-likeness (QED) is 0.570. The van der Waals surface area contributed by atoms with Crippen LogP contribution in [0.1, 0.15) is 5.56 Å². The van der Waals surface area contributed by atoms with E-state index in [0.29, 0.717) is 6.67 Å². The van der Waals surface area contributed by atoms with Crippen LogP contribution in [0.15, 0.2) is 23.3 Å². The first-order chi connectivity index (χ1) is 4.97. The largest absolute Gasteiger partial charge is 0.350 e. The Morgan fingerprint density at radius 3 is 3.40 bits per heavy atom. The Bertz CT molecular complexity index is 267. The molecule has 0 aliphatic carbocycles. The van der Waals surface area contributed by atoms with Crippen molar-refractivity contribution in [1.82, 2.24) is 4.98 Å². The molecule has 3 heteroatoms. The molecular weight excluding hydrogens is 126 g/mol. The number of hydrogen-bond donors (Lipinski definition) is 1. The number of nitrogens with one attached hydrogen (secondary N) is 1. The zero-order valence-electron chi connectivity index (χ0n) is 5.41. The molecule has 10 heavy (non-hydrogen) atoms. The number of aliphatic imine (C=N–C) groups is 1. The molecule has 0 bridgehead atoms. The second-order valence-electron chi connectivity index (χ2n) is 2.09. The Morgan fingerprint density at radius 2 is 2.50 bits per heavy atom. The van der Waals surface area contributed by atoms with Gasteiger partial charge in [-0.25, -0.2) is 4.98 Å². The number of aromatic nitrogens is 1. The van der Waals surface area contributed by atoms with Crippen LogP contribution in [0, 0.1) is 0 Å². The molecule has 1 aliphatic heterocycles. The molecule has 3 nitrogen and oxygen atoms in total. The molecule has 2 rings (SSSR count). The van der Waals surface area contributed by atoms with Crippen LogP contribution >= 0.6 is 0 Å². The van der Waals surface area contributed by atoms with Crippen molar-refractivity contribution >= 4 is 12.0 Å². The number of nitrogens with zero attached hydrogens (tertiary/aromatic N) is 2. The summed E-state index contributed by atoms with van der Waals surface area (Å²) in [7, 11) is 0. The molecule has 0 radical (unpaired) electrons. The van der Waals surface area contributed by atoms with Crippen molar-refractivity contribution in [3.63, 3.8) is 0 Å². The van der Waals surface area contributed by atoms with Gasteiger partial charge in [-0.3, -0.25) is 4.99 Å². The van der Waals surface area contributed by atoms with Gasteiger partial charge >= 0.3 is 0 Å². The summed E-state index contributed by atoms with van der Waals surface area (Å²) >= 11 is 0. The van der Waals surface area contributed by atoms with Crippen LogP contribution in [-0.2, 0) is 0 Å². The van der Waals surface area contributed by atoms with Crippen LogP contribution in [0.3, 0.4) is 0 Å². The highest BCUT2D eigenvalue weighted by molar-refractivity contribution is 5.87. The third-order valence-corrected chi connectivity index (χ3v) is 1.41. The predicted molar refractivity (Wildman–Crippen MR) is 40.3 cm³/mol. The summed E-state index contributed by atoms with van der Waals surface area (Å²) in [5.74, 6) is 0.928. The van der Waals surface area contributed by atoms with Crippen molar-refractivity contribution in [2.75, 3.05) is 12.0 Å². The number of anilines is 1. The number of hydrogen-bond acceptors (Lipinski definition) is 3. The van der Waals surface area contributed by atoms with Crippen LogP contribution in [-0.4, -0.2) is 17.9 Å². The average Bonchev–Trinajstić information content (AvgIpc) is 2.05. The minimum atomic E-state index is 0.643. The van der Waals surface area contributed by atoms with E-state index in [9.17, 15) is 0 Å². The Kier molecular flexibility index (Phi) is 1.13. The molecule has 0 saturated heterocycles. The Hall–Kier alpha value is -1.38. The first kappa shape index (κ1) is 5.41. The number of rotatable bonds is 0. The summed E-state index contributed by atoms with van der Waals surface area (Å²) in [5.41, 5.74) is 1.06. The highest BCUT2D eigenvalue weighted by Gasteiger charge is 2.01. The molecule has 0 fully saturated rings. The Balaban J connectivity index is 2.54. The van der Waals surface area contributed by atoms with Gasteiger partial charge in [-0.2, -0.15) is 0 Å². The zero-order valence-corrected chi connectivity index (χ0v) is 5.41. The molecule has 0 spiro atoms. The molecule has 1 N–H and O–H groups in total. The molecule has 50 valence electrons. The van der Waals surface area contributed by atoms with Gasteiger partial charge in [0.1, 0.15) is 12.5 Å². The Labute approximate surface area is 58.8 Å². The molecule has 2 heterocycles. The summed E-state index contributed by atoms with van der Waals surface area (Å²) in [6.07, 6.45) is 3.60. The van der Waals surface area contributed by atoms with Crippen LogP contribution in [0.4, 0.5) is 5.82 Å². The normalized spacial score (nSPS) is 14.0. The molecular formula is C7H7N3. The maximum Gasteiger partial charge on any atom is 0.136 e. The van der Waals surface area contributed by atoms with Crippen LogP contribution < -0.4 is 5.32 Å². The smallest absolute Gasteiger partial charge is 0.136 e. The lowest BCUT2D eigenvalue weighted by atomic mass is 10.2. The van der Waals surface area contributed by atoms with E-state index >= 15 is 0 Å². The minimum absolute atomic E-state index is 0.643. The van der Waals surface area contributed by atoms with Gasteiger partial charge in [-0.1, -0.05) is 0 Å². The third kappa shape index (κ3) is 0.757. The summed E-state index contributed by atoms with van der Waals surface area (Å²) in [6, 6.07) is 3.88. The van der Waals surface area contributed by atoms with Gasteiger partial charge in [-0.05, 0) is 12.1 Å². The SMILES string of the molecule is C1=NCNc2ncccc21. The van der Waals surface area contributed by atoms with Crippen molar-refractivity contribution in [2.24, 2.45) is 4.99 Å². The van der Waals surface area contributed by atoms with Crippen molar-refractivity contribution in [3.8, 4) is 0 Å². The van der Waals surface area contributed by atoms with Crippen LogP contribution in [0.25, 0.3) is 0 Å². The highest BCUT2D eigenvalue weighted by Crippen LogP contribution is 2.10. The fraction of sp³-hybridized carbons (Fsp3) is 0.143. The highest BCUT2D eigenvalue weighted by atomic mass is 15.1. The van der Waals surface area contributed by atoms with E-state index in [1.54, 1.807) is 6.20 Å². The average molecular weight is 133 g/mol. The van der Waals surface area contributed by atoms with E-state index < -0.39 is 0 Å². The van der Waals surface area contributed by atoms with Crippen molar-refractivity contribution in [3.05, 3.63) is 23.9 Å². The van der Waals surface area contributed by atoms with Gasteiger partial charge in [0.15, 0.2) is 0 Å². The molecule has 0 unspecified atom stereocenters. The molecule has 1 aromatic rings. The van der Waals surface area contributed by atoms with E-state index in [1.165, 1.54) is 0 Å². The first-order valence-corrected chi connectivity index (χ1v) is 3.15. The second-order valence-corrected chi connectivity index (χ2v) is 2.09. The predicted octanol–water partition coefficient (Wildman–Crippen LogP) is 0.883. The molecule has 0 atom stereocenters. The second kappa shape index (κ2) is 2.10. The fourth-order valence-electron chi connectivity index (χ4n) is 0.934. The van der Waals surface area contributed by atoms with E-state index in [2.05, 4.69) is 15.3 Å². The Morgan fingerprint density at radius 1 is 1.50 bits per heavy atom. The number of fused-ring (bicyclic) bond motifs is 1. The standard InChI is InChI=1S/C7H7N3/c1-2-6-4-8-5-10-7(6)9-3-1/h1-4H,5H2,(H,9,10). The lowest BCUT2D eigenvalue weighted by Gasteiger charge is -2.09. The van der Waals surface area contributed by atoms with Gasteiger partial charge in [-0.15, -0.1) is 0 Å². The van der Waals surface area contributed by atoms with Gasteiger partial charge in [0, 0.05) is 18.0 Å². The summed E-state index contributed by atoms with van der Waals surface area (Å²) in [5, 5.41) is 3.05. The van der Waals surface area contributed by atoms with Gasteiger partial charge in [0.25, 0.3) is 0 Å². The summed E-state index contributed by atoms with van der Waals surface area (Å²) in [6.45, 7) is 0.643. The van der Waals surface area contributed by atoms with Gasteiger partial charge in [0.05, 0.1) is 0 Å². The van der Waals surface area contributed by atoms with E-state index in [-0.39, 0.29) is 0 Å². The summed E-state index contributed by atoms with van der Waals surface area (Å²) < 4.78 is 0. The molecule has 0 saturated carbocycles. The summed E-state index contributed by atoms with van der Waals surface area (Å²) in [4.78, 5) is 8.16. The van der Waals surface area contributed by atoms with Crippen LogP contribution in [0.2, 0.25) is 0 Å². The van der Waals surface area contributed by atoms with E-state index in [0.717, 1.165) is 11.4 Å². The lowest BCUT2D eigenvalue weighted by molar-refractivity contribution is 1.09. The number of pyridine rings is 1. The van der Waals surface area contributed by atoms with E-state index in [4.69, 9.17) is 0 Å². The zero-order chi connectivity index (χ0) is 6.81. The van der Waals surface area contributed by atoms with Crippen molar-refractivity contribution in [2.45, 2.75) is 0 Å². The topological polar surface area (TPSA) is 37.3 Å². The molecule has 0 amide bonds. The van der Waals surface area contributed by atoms with Crippen molar-refractivity contribution in [1.29, 1.82) is 0 Å². The fourth-order valence-corrected chi connectivity index (χ4v) is 0.934. The third-order valence-electron chi connectivity index (χ3n) is 1.41. The maximum absolute atomic E-state index is 4.12. The molecule has 1 aliphatic rings. The van der Waals surface area contributed by atoms with Crippen LogP contribution in [0.5, 0.6) is 0 Å². The molecule has 1 aromatic heterocycles. The first-order valence-electron chi connectivity index (χ1n) is 3.15. The van der Waals surface area contributed by atoms with E-state index in [1.807, 2.05) is 18.3 Å². The lowest BCUT2D eigenvalue weighted by Crippen LogP contribution is -2.08. The van der Waals surface area contributed by atoms with Crippen molar-refractivity contribution < 1.29 is 0 Å². The molecule has 0 aromatic carbocycles. The monoisotopic (exact) mass is 133 g/mol. The van der Waals surface area contributed by atoms with Gasteiger partial charge < -0.3 is 5.32 Å². The van der Waals surface area contributed by atoms with Gasteiger partial charge in [0.2, 0.25) is 0 Å². The maximum atomic E-state index is 4.12. The minimum Gasteiger partial charge on any atom is -0.350 e.